The van der Waals surface area contributed by atoms with E-state index < -0.39 is 6.04 Å². The lowest BCUT2D eigenvalue weighted by Gasteiger charge is -2.34. The molecule has 1 amide bonds. The van der Waals surface area contributed by atoms with Gasteiger partial charge < -0.3 is 20.9 Å². The third-order valence-corrected chi connectivity index (χ3v) is 3.42. The Hall–Kier alpha value is -1.59. The quantitative estimate of drug-likeness (QED) is 0.843. The van der Waals surface area contributed by atoms with Crippen LogP contribution in [0.2, 0.25) is 0 Å². The SMILES string of the molecule is CC(N)C(=O)Nc1ccc(N2CCN(C)CC2)cc1. The van der Waals surface area contributed by atoms with E-state index in [1.54, 1.807) is 6.92 Å². The van der Waals surface area contributed by atoms with E-state index in [2.05, 4.69) is 22.2 Å². The van der Waals surface area contributed by atoms with Gasteiger partial charge in [-0.3, -0.25) is 4.79 Å². The minimum Gasteiger partial charge on any atom is -0.369 e. The van der Waals surface area contributed by atoms with Gasteiger partial charge in [-0.2, -0.15) is 0 Å². The molecule has 1 aromatic carbocycles. The lowest BCUT2D eigenvalue weighted by atomic mass is 10.2. The molecule has 1 aliphatic rings. The van der Waals surface area contributed by atoms with Crippen LogP contribution in [-0.4, -0.2) is 50.1 Å². The summed E-state index contributed by atoms with van der Waals surface area (Å²) in [4.78, 5) is 16.2. The number of piperazine rings is 1. The Morgan fingerprint density at radius 2 is 1.79 bits per heavy atom. The number of carbonyl (C=O) groups excluding carboxylic acids is 1. The molecule has 1 aromatic rings. The van der Waals surface area contributed by atoms with Gasteiger partial charge in [-0.1, -0.05) is 0 Å². The van der Waals surface area contributed by atoms with E-state index >= 15 is 0 Å². The van der Waals surface area contributed by atoms with Crippen molar-refractivity contribution in [3.63, 3.8) is 0 Å². The van der Waals surface area contributed by atoms with Crippen LogP contribution in [0.1, 0.15) is 6.92 Å². The number of anilines is 2. The lowest BCUT2D eigenvalue weighted by molar-refractivity contribution is -0.117. The molecule has 19 heavy (non-hydrogen) atoms. The van der Waals surface area contributed by atoms with Gasteiger partial charge in [0.25, 0.3) is 0 Å². The molecular formula is C14H22N4O. The van der Waals surface area contributed by atoms with Gasteiger partial charge in [0.05, 0.1) is 6.04 Å². The molecule has 1 atom stereocenters. The number of benzene rings is 1. The van der Waals surface area contributed by atoms with Gasteiger partial charge in [0.1, 0.15) is 0 Å². The summed E-state index contributed by atoms with van der Waals surface area (Å²) >= 11 is 0. The summed E-state index contributed by atoms with van der Waals surface area (Å²) in [5.41, 5.74) is 7.51. The predicted molar refractivity (Wildman–Crippen MR) is 78.4 cm³/mol. The number of nitrogens with one attached hydrogen (secondary N) is 1. The van der Waals surface area contributed by atoms with E-state index in [0.29, 0.717) is 0 Å². The molecule has 3 N–H and O–H groups in total. The van der Waals surface area contributed by atoms with Crippen LogP contribution >= 0.6 is 0 Å². The maximum absolute atomic E-state index is 11.5. The first-order chi connectivity index (χ1) is 9.06. The highest BCUT2D eigenvalue weighted by Gasteiger charge is 2.14. The number of carbonyl (C=O) groups is 1. The van der Waals surface area contributed by atoms with E-state index in [9.17, 15) is 4.79 Å². The van der Waals surface area contributed by atoms with E-state index in [4.69, 9.17) is 5.73 Å². The minimum atomic E-state index is -0.489. The van der Waals surface area contributed by atoms with Crippen LogP contribution in [0.4, 0.5) is 11.4 Å². The fourth-order valence-electron chi connectivity index (χ4n) is 2.08. The summed E-state index contributed by atoms with van der Waals surface area (Å²) in [5.74, 6) is -0.160. The van der Waals surface area contributed by atoms with Gasteiger partial charge in [0, 0.05) is 37.6 Å². The Kier molecular flexibility index (Phi) is 4.39. The van der Waals surface area contributed by atoms with Crippen molar-refractivity contribution in [1.82, 2.24) is 4.90 Å². The molecule has 0 radical (unpaired) electrons. The fraction of sp³-hybridized carbons (Fsp3) is 0.500. The highest BCUT2D eigenvalue weighted by molar-refractivity contribution is 5.94. The Bertz CT molecular complexity index is 422. The van der Waals surface area contributed by atoms with Gasteiger partial charge in [0.15, 0.2) is 0 Å². The molecule has 0 bridgehead atoms. The van der Waals surface area contributed by atoms with Crippen LogP contribution in [0.3, 0.4) is 0 Å². The Labute approximate surface area is 114 Å². The summed E-state index contributed by atoms with van der Waals surface area (Å²) in [6.07, 6.45) is 0. The topological polar surface area (TPSA) is 61.6 Å². The zero-order valence-corrected chi connectivity index (χ0v) is 11.6. The van der Waals surface area contributed by atoms with E-state index in [1.807, 2.05) is 24.3 Å². The molecule has 5 heteroatoms. The summed E-state index contributed by atoms with van der Waals surface area (Å²) in [5, 5.41) is 2.79. The van der Waals surface area contributed by atoms with Crippen LogP contribution in [0.15, 0.2) is 24.3 Å². The van der Waals surface area contributed by atoms with Crippen molar-refractivity contribution in [1.29, 1.82) is 0 Å². The number of nitrogens with zero attached hydrogens (tertiary/aromatic N) is 2. The summed E-state index contributed by atoms with van der Waals surface area (Å²) < 4.78 is 0. The molecule has 5 nitrogen and oxygen atoms in total. The zero-order chi connectivity index (χ0) is 13.8. The van der Waals surface area contributed by atoms with Crippen LogP contribution in [0.25, 0.3) is 0 Å². The number of nitrogens with two attached hydrogens (primary N) is 1. The molecule has 1 fully saturated rings. The largest absolute Gasteiger partial charge is 0.369 e. The van der Waals surface area contributed by atoms with E-state index in [0.717, 1.165) is 31.9 Å². The second kappa shape index (κ2) is 6.04. The second-order valence-electron chi connectivity index (χ2n) is 5.12. The predicted octanol–water partition coefficient (Wildman–Crippen LogP) is 0.724. The van der Waals surface area contributed by atoms with Crippen molar-refractivity contribution in [2.45, 2.75) is 13.0 Å². The molecule has 1 unspecified atom stereocenters. The summed E-state index contributed by atoms with van der Waals surface area (Å²) in [7, 11) is 2.14. The van der Waals surface area contributed by atoms with Crippen LogP contribution in [0.5, 0.6) is 0 Å². The number of amides is 1. The molecular weight excluding hydrogens is 240 g/mol. The van der Waals surface area contributed by atoms with Crippen LogP contribution in [0, 0.1) is 0 Å². The first kappa shape index (κ1) is 13.8. The van der Waals surface area contributed by atoms with Gasteiger partial charge in [0.2, 0.25) is 5.91 Å². The Balaban J connectivity index is 1.96. The van der Waals surface area contributed by atoms with Gasteiger partial charge in [-0.25, -0.2) is 0 Å². The number of rotatable bonds is 3. The van der Waals surface area contributed by atoms with Gasteiger partial charge in [-0.05, 0) is 38.2 Å². The zero-order valence-electron chi connectivity index (χ0n) is 11.6. The van der Waals surface area contributed by atoms with Crippen LogP contribution < -0.4 is 16.0 Å². The number of hydrogen-bond acceptors (Lipinski definition) is 4. The smallest absolute Gasteiger partial charge is 0.240 e. The average molecular weight is 262 g/mol. The fourth-order valence-corrected chi connectivity index (χ4v) is 2.08. The van der Waals surface area contributed by atoms with Gasteiger partial charge >= 0.3 is 0 Å². The van der Waals surface area contributed by atoms with E-state index in [1.165, 1.54) is 5.69 Å². The van der Waals surface area contributed by atoms with Crippen molar-refractivity contribution < 1.29 is 4.79 Å². The van der Waals surface area contributed by atoms with Crippen molar-refractivity contribution in [2.75, 3.05) is 43.4 Å². The molecule has 0 saturated carbocycles. The highest BCUT2D eigenvalue weighted by atomic mass is 16.2. The van der Waals surface area contributed by atoms with Crippen molar-refractivity contribution in [2.24, 2.45) is 5.73 Å². The number of likely N-dealkylation sites (N-methyl/N-ethyl adjacent to an activating group) is 1. The second-order valence-corrected chi connectivity index (χ2v) is 5.12. The molecule has 1 aliphatic heterocycles. The third-order valence-electron chi connectivity index (χ3n) is 3.42. The van der Waals surface area contributed by atoms with E-state index in [-0.39, 0.29) is 5.91 Å². The maximum Gasteiger partial charge on any atom is 0.240 e. The molecule has 0 aromatic heterocycles. The van der Waals surface area contributed by atoms with Gasteiger partial charge in [-0.15, -0.1) is 0 Å². The molecule has 0 aliphatic carbocycles. The Morgan fingerprint density at radius 1 is 1.21 bits per heavy atom. The molecule has 1 heterocycles. The van der Waals surface area contributed by atoms with Crippen molar-refractivity contribution in [3.05, 3.63) is 24.3 Å². The molecule has 0 spiro atoms. The molecule has 1 saturated heterocycles. The maximum atomic E-state index is 11.5. The number of hydrogen-bond donors (Lipinski definition) is 2. The molecule has 104 valence electrons. The average Bonchev–Trinajstić information content (AvgIpc) is 2.40. The Morgan fingerprint density at radius 3 is 2.32 bits per heavy atom. The third kappa shape index (κ3) is 3.68. The molecule has 2 rings (SSSR count). The summed E-state index contributed by atoms with van der Waals surface area (Å²) in [6.45, 7) is 5.93. The standard InChI is InChI=1S/C14H22N4O/c1-11(15)14(19)16-12-3-5-13(6-4-12)18-9-7-17(2)8-10-18/h3-6,11H,7-10,15H2,1-2H3,(H,16,19). The first-order valence-electron chi connectivity index (χ1n) is 6.66. The van der Waals surface area contributed by atoms with Crippen molar-refractivity contribution >= 4 is 17.3 Å². The van der Waals surface area contributed by atoms with Crippen molar-refractivity contribution in [3.8, 4) is 0 Å². The van der Waals surface area contributed by atoms with Crippen LogP contribution in [-0.2, 0) is 4.79 Å². The normalized spacial score (nSPS) is 18.2. The summed E-state index contributed by atoms with van der Waals surface area (Å²) in [6, 6.07) is 7.45. The monoisotopic (exact) mass is 262 g/mol. The lowest BCUT2D eigenvalue weighted by Crippen LogP contribution is -2.44. The highest BCUT2D eigenvalue weighted by Crippen LogP contribution is 2.19. The first-order valence-corrected chi connectivity index (χ1v) is 6.66. The minimum absolute atomic E-state index is 0.160.